The first-order chi connectivity index (χ1) is 12.9. The minimum absolute atomic E-state index is 0. The Hall–Kier alpha value is -1.19. The zero-order valence-electron chi connectivity index (χ0n) is 14.0. The van der Waals surface area contributed by atoms with Gasteiger partial charge in [-0.1, -0.05) is 46.1 Å². The highest BCUT2D eigenvalue weighted by Gasteiger charge is 2.17. The van der Waals surface area contributed by atoms with Crippen molar-refractivity contribution in [3.8, 4) is 26.9 Å². The maximum atomic E-state index is 14.3. The summed E-state index contributed by atoms with van der Waals surface area (Å²) < 4.78 is 19.6. The summed E-state index contributed by atoms with van der Waals surface area (Å²) in [5, 5.41) is 19.3. The molecule has 0 aliphatic rings. The molecule has 150 valence electrons. The standard InChI is InChI=1S/C17H13Cl3FN3O2S.ClH/c18-9-1-8(2-10(19)3-9)16-23-24-17(27-16)12-4-14(21)15(5-13(12)20)26-7-11(22)6-25;/h1-5,11,25H,6-7,22H2;1H/t11-;/m1./s1. The highest BCUT2D eigenvalue weighted by atomic mass is 35.5. The number of aromatic nitrogens is 2. The first-order valence-corrected chi connectivity index (χ1v) is 9.61. The van der Waals surface area contributed by atoms with Gasteiger partial charge in [0, 0.05) is 27.2 Å². The van der Waals surface area contributed by atoms with E-state index in [0.717, 1.165) is 0 Å². The van der Waals surface area contributed by atoms with Crippen LogP contribution < -0.4 is 10.5 Å². The summed E-state index contributed by atoms with van der Waals surface area (Å²) in [4.78, 5) is 0. The number of halogens is 5. The van der Waals surface area contributed by atoms with E-state index in [1.807, 2.05) is 0 Å². The lowest BCUT2D eigenvalue weighted by Crippen LogP contribution is -2.31. The average Bonchev–Trinajstić information content (AvgIpc) is 3.10. The Morgan fingerprint density at radius 2 is 1.71 bits per heavy atom. The topological polar surface area (TPSA) is 81.3 Å². The summed E-state index contributed by atoms with van der Waals surface area (Å²) >= 11 is 19.5. The molecule has 0 fully saturated rings. The van der Waals surface area contributed by atoms with Crippen LogP contribution in [0.1, 0.15) is 0 Å². The number of aliphatic hydroxyl groups excluding tert-OH is 1. The second-order valence-electron chi connectivity index (χ2n) is 5.59. The minimum Gasteiger partial charge on any atom is -0.489 e. The number of nitrogens with two attached hydrogens (primary N) is 1. The van der Waals surface area contributed by atoms with Crippen LogP contribution in [0.2, 0.25) is 15.1 Å². The highest BCUT2D eigenvalue weighted by Crippen LogP contribution is 2.38. The number of hydrogen-bond acceptors (Lipinski definition) is 6. The van der Waals surface area contributed by atoms with Crippen LogP contribution in [0.15, 0.2) is 30.3 Å². The fourth-order valence-electron chi connectivity index (χ4n) is 2.18. The van der Waals surface area contributed by atoms with E-state index < -0.39 is 11.9 Å². The summed E-state index contributed by atoms with van der Waals surface area (Å²) in [5.41, 5.74) is 6.62. The van der Waals surface area contributed by atoms with Crippen molar-refractivity contribution in [3.63, 3.8) is 0 Å². The summed E-state index contributed by atoms with van der Waals surface area (Å²) in [7, 11) is 0. The second-order valence-corrected chi connectivity index (χ2v) is 7.84. The molecule has 3 aromatic rings. The molecule has 3 rings (SSSR count). The van der Waals surface area contributed by atoms with Gasteiger partial charge >= 0.3 is 0 Å². The van der Waals surface area contributed by atoms with Crippen LogP contribution >= 0.6 is 58.5 Å². The Bertz CT molecular complexity index is 953. The smallest absolute Gasteiger partial charge is 0.165 e. The van der Waals surface area contributed by atoms with E-state index in [9.17, 15) is 4.39 Å². The van der Waals surface area contributed by atoms with Crippen molar-refractivity contribution in [1.82, 2.24) is 10.2 Å². The fourth-order valence-corrected chi connectivity index (χ4v) is 3.86. The molecule has 1 aromatic heterocycles. The van der Waals surface area contributed by atoms with Crippen molar-refractivity contribution in [2.24, 2.45) is 5.73 Å². The number of ether oxygens (including phenoxy) is 1. The lowest BCUT2D eigenvalue weighted by molar-refractivity contribution is 0.202. The molecule has 3 N–H and O–H groups in total. The van der Waals surface area contributed by atoms with Crippen LogP contribution in [0.3, 0.4) is 0 Å². The van der Waals surface area contributed by atoms with Crippen LogP contribution in [0.5, 0.6) is 5.75 Å². The van der Waals surface area contributed by atoms with E-state index in [1.54, 1.807) is 18.2 Å². The molecule has 0 saturated heterocycles. The van der Waals surface area contributed by atoms with Gasteiger partial charge in [0.05, 0.1) is 17.7 Å². The monoisotopic (exact) mass is 483 g/mol. The third-order valence-corrected chi connectivity index (χ3v) is 5.23. The molecule has 28 heavy (non-hydrogen) atoms. The molecule has 0 bridgehead atoms. The van der Waals surface area contributed by atoms with Crippen LogP contribution in [0.4, 0.5) is 4.39 Å². The SMILES string of the molecule is Cl.N[C@H](CO)COc1cc(Cl)c(-c2nnc(-c3cc(Cl)cc(Cl)c3)s2)cc1F. The maximum absolute atomic E-state index is 14.3. The zero-order valence-corrected chi connectivity index (χ0v) is 17.9. The van der Waals surface area contributed by atoms with Gasteiger partial charge in [-0.05, 0) is 24.3 Å². The summed E-state index contributed by atoms with van der Waals surface area (Å²) in [6.45, 7) is -0.309. The molecular formula is C17H14Cl4FN3O2S. The highest BCUT2D eigenvalue weighted by molar-refractivity contribution is 7.18. The van der Waals surface area contributed by atoms with E-state index in [1.165, 1.54) is 23.5 Å². The first-order valence-electron chi connectivity index (χ1n) is 7.66. The number of hydrogen-bond donors (Lipinski definition) is 2. The maximum Gasteiger partial charge on any atom is 0.165 e. The largest absolute Gasteiger partial charge is 0.489 e. The number of benzene rings is 2. The molecule has 0 aliphatic carbocycles. The van der Waals surface area contributed by atoms with Gasteiger partial charge in [-0.15, -0.1) is 22.6 Å². The Balaban J connectivity index is 0.00000280. The second kappa shape index (κ2) is 10.0. The predicted octanol–water partition coefficient (Wildman–Crippen LogP) is 5.09. The average molecular weight is 485 g/mol. The van der Waals surface area contributed by atoms with Gasteiger partial charge in [0.15, 0.2) is 11.6 Å². The van der Waals surface area contributed by atoms with Gasteiger partial charge in [0.25, 0.3) is 0 Å². The molecule has 0 spiro atoms. The van der Waals surface area contributed by atoms with E-state index in [2.05, 4.69) is 10.2 Å². The van der Waals surface area contributed by atoms with Crippen LogP contribution in [0.25, 0.3) is 21.1 Å². The molecule has 2 aromatic carbocycles. The van der Waals surface area contributed by atoms with Crippen LogP contribution in [0, 0.1) is 5.82 Å². The summed E-state index contributed by atoms with van der Waals surface area (Å²) in [6, 6.07) is 6.98. The van der Waals surface area contributed by atoms with Crippen molar-refractivity contribution in [3.05, 3.63) is 51.2 Å². The van der Waals surface area contributed by atoms with Crippen molar-refractivity contribution in [2.75, 3.05) is 13.2 Å². The van der Waals surface area contributed by atoms with Gasteiger partial charge in [-0.3, -0.25) is 0 Å². The summed E-state index contributed by atoms with van der Waals surface area (Å²) in [5.74, 6) is -0.680. The molecule has 11 heteroatoms. The first kappa shape index (κ1) is 23.1. The van der Waals surface area contributed by atoms with Gasteiger partial charge < -0.3 is 15.6 Å². The van der Waals surface area contributed by atoms with E-state index in [-0.39, 0.29) is 36.4 Å². The molecule has 1 atom stereocenters. The number of rotatable bonds is 6. The van der Waals surface area contributed by atoms with Crippen molar-refractivity contribution < 1.29 is 14.2 Å². The molecule has 5 nitrogen and oxygen atoms in total. The Kier molecular flexibility index (Phi) is 8.27. The van der Waals surface area contributed by atoms with Crippen molar-refractivity contribution in [2.45, 2.75) is 6.04 Å². The van der Waals surface area contributed by atoms with Gasteiger partial charge in [0.1, 0.15) is 16.6 Å². The lowest BCUT2D eigenvalue weighted by atomic mass is 10.2. The quantitative estimate of drug-likeness (QED) is 0.509. The lowest BCUT2D eigenvalue weighted by Gasteiger charge is -2.12. The molecule has 0 aliphatic heterocycles. The molecule has 0 unspecified atom stereocenters. The number of nitrogens with zero attached hydrogens (tertiary/aromatic N) is 2. The summed E-state index contributed by atoms with van der Waals surface area (Å²) in [6.07, 6.45) is 0. The van der Waals surface area contributed by atoms with Crippen molar-refractivity contribution in [1.29, 1.82) is 0 Å². The third kappa shape index (κ3) is 5.45. The molecule has 0 saturated carbocycles. The van der Waals surface area contributed by atoms with Gasteiger partial charge in [0.2, 0.25) is 0 Å². The zero-order chi connectivity index (χ0) is 19.6. The minimum atomic E-state index is -0.623. The van der Waals surface area contributed by atoms with Gasteiger partial charge in [-0.25, -0.2) is 4.39 Å². The van der Waals surface area contributed by atoms with Gasteiger partial charge in [-0.2, -0.15) is 0 Å². The third-order valence-electron chi connectivity index (χ3n) is 3.47. The Morgan fingerprint density at radius 1 is 1.07 bits per heavy atom. The van der Waals surface area contributed by atoms with E-state index >= 15 is 0 Å². The molecular weight excluding hydrogens is 471 g/mol. The van der Waals surface area contributed by atoms with Crippen molar-refractivity contribution >= 4 is 58.5 Å². The van der Waals surface area contributed by atoms with E-state index in [4.69, 9.17) is 50.4 Å². The molecule has 0 radical (unpaired) electrons. The molecule has 1 heterocycles. The normalized spacial score (nSPS) is 11.8. The fraction of sp³-hybridized carbons (Fsp3) is 0.176. The Morgan fingerprint density at radius 3 is 2.36 bits per heavy atom. The van der Waals surface area contributed by atoms with Crippen LogP contribution in [-0.2, 0) is 0 Å². The van der Waals surface area contributed by atoms with E-state index in [0.29, 0.717) is 31.2 Å². The molecule has 0 amide bonds. The Labute approximate surface area is 185 Å². The van der Waals surface area contributed by atoms with Crippen LogP contribution in [-0.4, -0.2) is 34.6 Å². The predicted molar refractivity (Wildman–Crippen MR) is 114 cm³/mol. The number of aliphatic hydroxyl groups is 1.